The van der Waals surface area contributed by atoms with E-state index in [0.717, 1.165) is 17.0 Å². The first-order valence-corrected chi connectivity index (χ1v) is 10.4. The number of hydrogen-bond donors (Lipinski definition) is 1. The van der Waals surface area contributed by atoms with Crippen LogP contribution in [0, 0.1) is 0 Å². The summed E-state index contributed by atoms with van der Waals surface area (Å²) in [6, 6.07) is 7.35. The summed E-state index contributed by atoms with van der Waals surface area (Å²) in [6.07, 6.45) is 2.95. The first-order chi connectivity index (χ1) is 14.1. The second-order valence-electron chi connectivity index (χ2n) is 6.87. The van der Waals surface area contributed by atoms with E-state index in [2.05, 4.69) is 10.4 Å². The van der Waals surface area contributed by atoms with Gasteiger partial charge in [0.05, 0.1) is 29.9 Å². The molecule has 0 saturated carbocycles. The van der Waals surface area contributed by atoms with Crippen molar-refractivity contribution in [1.29, 1.82) is 0 Å². The quantitative estimate of drug-likeness (QED) is 0.597. The first kappa shape index (κ1) is 21.2. The van der Waals surface area contributed by atoms with Gasteiger partial charge in [-0.15, -0.1) is 11.3 Å². The van der Waals surface area contributed by atoms with Crippen LogP contribution >= 0.6 is 11.3 Å². The van der Waals surface area contributed by atoms with Crippen molar-refractivity contribution in [3.05, 3.63) is 46.5 Å². The van der Waals surface area contributed by atoms with E-state index in [1.54, 1.807) is 42.7 Å². The molecule has 0 aromatic carbocycles. The highest BCUT2D eigenvalue weighted by molar-refractivity contribution is 7.12. The van der Waals surface area contributed by atoms with E-state index in [0.29, 0.717) is 25.3 Å². The van der Waals surface area contributed by atoms with Crippen molar-refractivity contribution in [3.63, 3.8) is 0 Å². The Morgan fingerprint density at radius 3 is 2.93 bits per heavy atom. The fourth-order valence-electron chi connectivity index (χ4n) is 3.14. The lowest BCUT2D eigenvalue weighted by Crippen LogP contribution is -2.41. The molecule has 0 bridgehead atoms. The molecule has 1 N–H and O–H groups in total. The lowest BCUT2D eigenvalue weighted by Gasteiger charge is -2.23. The molecule has 1 atom stereocenters. The molecule has 3 heterocycles. The van der Waals surface area contributed by atoms with Crippen LogP contribution in [-0.4, -0.2) is 67.8 Å². The van der Waals surface area contributed by atoms with Crippen molar-refractivity contribution in [2.24, 2.45) is 5.10 Å². The molecule has 3 rings (SSSR count). The zero-order valence-corrected chi connectivity index (χ0v) is 17.5. The van der Waals surface area contributed by atoms with Crippen molar-refractivity contribution in [2.45, 2.75) is 18.9 Å². The fraction of sp³-hybridized carbons (Fsp3) is 0.450. The number of carbonyl (C=O) groups excluding carboxylic acids is 2. The Morgan fingerprint density at radius 1 is 1.38 bits per heavy atom. The number of likely N-dealkylation sites (N-methyl/N-ethyl adjacent to an activating group) is 1. The Bertz CT molecular complexity index is 820. The molecular weight excluding hydrogens is 392 g/mol. The number of methoxy groups -OCH3 is 1. The largest absolute Gasteiger partial charge is 0.467 e. The van der Waals surface area contributed by atoms with Crippen LogP contribution in [0.2, 0.25) is 0 Å². The minimum atomic E-state index is -0.272. The Morgan fingerprint density at radius 2 is 2.24 bits per heavy atom. The summed E-state index contributed by atoms with van der Waals surface area (Å²) in [7, 11) is 3.37. The SMILES string of the molecule is COCCCNC(=O)CN(C)CC(=O)N1N=C(c2cccs2)CC1c1ccco1. The lowest BCUT2D eigenvalue weighted by atomic mass is 10.1. The average molecular weight is 419 g/mol. The maximum Gasteiger partial charge on any atom is 0.257 e. The zero-order valence-electron chi connectivity index (χ0n) is 16.7. The summed E-state index contributed by atoms with van der Waals surface area (Å²) in [4.78, 5) is 27.7. The first-order valence-electron chi connectivity index (χ1n) is 9.49. The molecule has 1 aliphatic heterocycles. The van der Waals surface area contributed by atoms with Gasteiger partial charge in [0.15, 0.2) is 0 Å². The van der Waals surface area contributed by atoms with Gasteiger partial charge in [-0.1, -0.05) is 6.07 Å². The second-order valence-corrected chi connectivity index (χ2v) is 7.81. The molecule has 0 fully saturated rings. The molecule has 29 heavy (non-hydrogen) atoms. The summed E-state index contributed by atoms with van der Waals surface area (Å²) in [5, 5.41) is 10.9. The van der Waals surface area contributed by atoms with Crippen LogP contribution in [0.25, 0.3) is 0 Å². The third kappa shape index (κ3) is 5.75. The second kappa shape index (κ2) is 10.3. The number of nitrogens with one attached hydrogen (secondary N) is 1. The van der Waals surface area contributed by atoms with Gasteiger partial charge in [-0.2, -0.15) is 5.10 Å². The van der Waals surface area contributed by atoms with Crippen molar-refractivity contribution in [3.8, 4) is 0 Å². The summed E-state index contributed by atoms with van der Waals surface area (Å²) in [6.45, 7) is 1.38. The van der Waals surface area contributed by atoms with Crippen LogP contribution in [0.5, 0.6) is 0 Å². The van der Waals surface area contributed by atoms with Crippen LogP contribution in [-0.2, 0) is 14.3 Å². The van der Waals surface area contributed by atoms with Gasteiger partial charge in [0.2, 0.25) is 5.91 Å². The molecule has 8 nitrogen and oxygen atoms in total. The highest BCUT2D eigenvalue weighted by Gasteiger charge is 2.35. The standard InChI is InChI=1S/C20H26N4O4S/c1-23(13-19(25)21-8-5-9-27-2)14-20(26)24-16(17-6-3-10-28-17)12-15(22-24)18-7-4-11-29-18/h3-4,6-7,10-11,16H,5,8-9,12-14H2,1-2H3,(H,21,25). The topological polar surface area (TPSA) is 87.4 Å². The van der Waals surface area contributed by atoms with Crippen LogP contribution in [0.3, 0.4) is 0 Å². The average Bonchev–Trinajstić information content (AvgIpc) is 3.45. The number of furan rings is 1. The molecule has 156 valence electrons. The van der Waals surface area contributed by atoms with Gasteiger partial charge >= 0.3 is 0 Å². The normalized spacial score (nSPS) is 16.3. The van der Waals surface area contributed by atoms with Crippen molar-refractivity contribution in [2.75, 3.05) is 40.4 Å². The fourth-order valence-corrected chi connectivity index (χ4v) is 3.86. The Hall–Kier alpha value is -2.49. The third-order valence-corrected chi connectivity index (χ3v) is 5.43. The van der Waals surface area contributed by atoms with Gasteiger partial charge < -0.3 is 14.5 Å². The van der Waals surface area contributed by atoms with E-state index >= 15 is 0 Å². The summed E-state index contributed by atoms with van der Waals surface area (Å²) >= 11 is 1.59. The molecule has 1 unspecified atom stereocenters. The van der Waals surface area contributed by atoms with Crippen LogP contribution in [0.4, 0.5) is 0 Å². The van der Waals surface area contributed by atoms with E-state index in [4.69, 9.17) is 9.15 Å². The van der Waals surface area contributed by atoms with Crippen molar-refractivity contribution in [1.82, 2.24) is 15.2 Å². The number of hydrazone groups is 1. The van der Waals surface area contributed by atoms with E-state index in [1.165, 1.54) is 5.01 Å². The predicted octanol–water partition coefficient (Wildman–Crippen LogP) is 2.10. The number of carbonyl (C=O) groups is 2. The van der Waals surface area contributed by atoms with Crippen LogP contribution in [0.15, 0.2) is 45.4 Å². The number of amides is 2. The number of thiophene rings is 1. The van der Waals surface area contributed by atoms with E-state index in [1.807, 2.05) is 23.6 Å². The maximum atomic E-state index is 12.9. The highest BCUT2D eigenvalue weighted by atomic mass is 32.1. The Kier molecular flexibility index (Phi) is 7.56. The number of rotatable bonds is 10. The molecule has 0 spiro atoms. The van der Waals surface area contributed by atoms with Crippen molar-refractivity contribution < 1.29 is 18.7 Å². The molecule has 1 aliphatic rings. The maximum absolute atomic E-state index is 12.9. The van der Waals surface area contributed by atoms with Gasteiger partial charge in [0, 0.05) is 26.7 Å². The molecule has 9 heteroatoms. The van der Waals surface area contributed by atoms with Crippen LogP contribution in [0.1, 0.15) is 29.5 Å². The Labute approximate surface area is 174 Å². The summed E-state index contributed by atoms with van der Waals surface area (Å²) < 4.78 is 10.5. The minimum Gasteiger partial charge on any atom is -0.467 e. The molecule has 2 aromatic rings. The molecule has 0 radical (unpaired) electrons. The van der Waals surface area contributed by atoms with Crippen LogP contribution < -0.4 is 5.32 Å². The van der Waals surface area contributed by atoms with Gasteiger partial charge in [0.1, 0.15) is 11.8 Å². The minimum absolute atomic E-state index is 0.0872. The zero-order chi connectivity index (χ0) is 20.6. The highest BCUT2D eigenvalue weighted by Crippen LogP contribution is 2.34. The monoisotopic (exact) mass is 418 g/mol. The number of hydrogen-bond acceptors (Lipinski definition) is 7. The number of nitrogens with zero attached hydrogens (tertiary/aromatic N) is 3. The smallest absolute Gasteiger partial charge is 0.257 e. The number of ether oxygens (including phenoxy) is 1. The molecule has 0 saturated heterocycles. The van der Waals surface area contributed by atoms with Gasteiger partial charge in [0.25, 0.3) is 5.91 Å². The lowest BCUT2D eigenvalue weighted by molar-refractivity contribution is -0.134. The Balaban J connectivity index is 1.60. The molecule has 2 amide bonds. The summed E-state index contributed by atoms with van der Waals surface area (Å²) in [5.74, 6) is 0.406. The third-order valence-electron chi connectivity index (χ3n) is 4.51. The van der Waals surface area contributed by atoms with E-state index in [9.17, 15) is 9.59 Å². The van der Waals surface area contributed by atoms with Gasteiger partial charge in [-0.3, -0.25) is 14.5 Å². The van der Waals surface area contributed by atoms with E-state index in [-0.39, 0.29) is 30.9 Å². The molecule has 0 aliphatic carbocycles. The van der Waals surface area contributed by atoms with Gasteiger partial charge in [-0.05, 0) is 37.0 Å². The van der Waals surface area contributed by atoms with Crippen molar-refractivity contribution >= 4 is 28.9 Å². The summed E-state index contributed by atoms with van der Waals surface area (Å²) in [5.41, 5.74) is 0.869. The molecule has 2 aromatic heterocycles. The molecular formula is C20H26N4O4S. The van der Waals surface area contributed by atoms with E-state index < -0.39 is 0 Å². The van der Waals surface area contributed by atoms with Gasteiger partial charge in [-0.25, -0.2) is 5.01 Å². The predicted molar refractivity (Wildman–Crippen MR) is 111 cm³/mol.